The molecule has 1 aromatic heterocycles. The minimum Gasteiger partial charge on any atom is -0.389 e. The van der Waals surface area contributed by atoms with Crippen molar-refractivity contribution in [2.75, 3.05) is 12.0 Å². The Kier molecular flexibility index (Phi) is 3.54. The van der Waals surface area contributed by atoms with Gasteiger partial charge in [-0.25, -0.2) is 8.42 Å². The molecule has 0 spiro atoms. The molecule has 1 heterocycles. The average Bonchev–Trinajstić information content (AvgIpc) is 2.66. The Morgan fingerprint density at radius 3 is 2.63 bits per heavy atom. The van der Waals surface area contributed by atoms with Gasteiger partial charge in [-0.2, -0.15) is 5.26 Å². The van der Waals surface area contributed by atoms with E-state index in [4.69, 9.17) is 22.6 Å². The summed E-state index contributed by atoms with van der Waals surface area (Å²) in [7, 11) is -3.46. The average molecular weight is 313 g/mol. The normalized spacial score (nSPS) is 11.2. The molecule has 4 nitrogen and oxygen atoms in total. The molecule has 0 radical (unpaired) electrons. The number of sulfone groups is 1. The Bertz CT molecular complexity index is 789. The lowest BCUT2D eigenvalue weighted by atomic mass is 10.1. The number of hydrogen-bond acceptors (Lipinski definition) is 5. The van der Waals surface area contributed by atoms with E-state index in [0.717, 1.165) is 17.6 Å². The van der Waals surface area contributed by atoms with E-state index in [1.807, 2.05) is 6.07 Å². The summed E-state index contributed by atoms with van der Waals surface area (Å²) in [6.45, 7) is 0. The van der Waals surface area contributed by atoms with Gasteiger partial charge in [0.1, 0.15) is 15.3 Å². The van der Waals surface area contributed by atoms with Crippen molar-refractivity contribution < 1.29 is 8.42 Å². The number of rotatable bonds is 2. The van der Waals surface area contributed by atoms with Gasteiger partial charge in [-0.05, 0) is 17.7 Å². The molecule has 0 aliphatic heterocycles. The van der Waals surface area contributed by atoms with Crippen LogP contribution in [0.15, 0.2) is 28.5 Å². The third-order valence-corrected chi connectivity index (χ3v) is 5.55. The van der Waals surface area contributed by atoms with Crippen LogP contribution in [0.5, 0.6) is 0 Å². The lowest BCUT2D eigenvalue weighted by Gasteiger charge is -2.03. The second-order valence-corrected chi connectivity index (χ2v) is 7.60. The van der Waals surface area contributed by atoms with Gasteiger partial charge in [-0.15, -0.1) is 11.3 Å². The molecule has 0 bridgehead atoms. The van der Waals surface area contributed by atoms with Crippen molar-refractivity contribution in [3.05, 3.63) is 34.9 Å². The van der Waals surface area contributed by atoms with Crippen molar-refractivity contribution in [3.63, 3.8) is 0 Å². The van der Waals surface area contributed by atoms with E-state index < -0.39 is 9.84 Å². The molecular formula is C12H9ClN2O2S2. The number of halogens is 1. The number of nitrogens with zero attached hydrogens (tertiary/aromatic N) is 1. The van der Waals surface area contributed by atoms with Gasteiger partial charge < -0.3 is 5.73 Å². The summed E-state index contributed by atoms with van der Waals surface area (Å²) in [5, 5.41) is 9.81. The molecule has 7 heteroatoms. The Balaban J connectivity index is 2.86. The molecule has 98 valence electrons. The largest absolute Gasteiger partial charge is 0.389 e. The van der Waals surface area contributed by atoms with Crippen LogP contribution in [-0.4, -0.2) is 14.7 Å². The van der Waals surface area contributed by atoms with Gasteiger partial charge >= 0.3 is 0 Å². The fourth-order valence-electron chi connectivity index (χ4n) is 1.71. The van der Waals surface area contributed by atoms with E-state index in [2.05, 4.69) is 0 Å². The molecule has 0 saturated heterocycles. The van der Waals surface area contributed by atoms with Crippen molar-refractivity contribution in [1.82, 2.24) is 0 Å². The third-order valence-electron chi connectivity index (χ3n) is 2.47. The van der Waals surface area contributed by atoms with Gasteiger partial charge in [-0.1, -0.05) is 23.7 Å². The van der Waals surface area contributed by atoms with Crippen molar-refractivity contribution in [3.8, 4) is 17.2 Å². The number of hydrogen-bond donors (Lipinski definition) is 1. The monoisotopic (exact) mass is 312 g/mol. The van der Waals surface area contributed by atoms with Crippen LogP contribution in [0.2, 0.25) is 5.02 Å². The first-order chi connectivity index (χ1) is 8.84. The van der Waals surface area contributed by atoms with E-state index in [1.165, 1.54) is 0 Å². The van der Waals surface area contributed by atoms with E-state index >= 15 is 0 Å². The number of nitrogens with two attached hydrogens (primary N) is 1. The van der Waals surface area contributed by atoms with Gasteiger partial charge in [0.2, 0.25) is 0 Å². The van der Waals surface area contributed by atoms with Crippen LogP contribution in [0.1, 0.15) is 5.56 Å². The zero-order valence-electron chi connectivity index (χ0n) is 9.84. The molecule has 0 atom stereocenters. The fourth-order valence-corrected chi connectivity index (χ4v) is 4.13. The molecule has 0 amide bonds. The van der Waals surface area contributed by atoms with Crippen LogP contribution >= 0.6 is 22.9 Å². The lowest BCUT2D eigenvalue weighted by molar-refractivity contribution is 0.604. The molecule has 2 N–H and O–H groups in total. The van der Waals surface area contributed by atoms with Crippen molar-refractivity contribution in [1.29, 1.82) is 5.26 Å². The lowest BCUT2D eigenvalue weighted by Crippen LogP contribution is -1.96. The number of nitrogen functional groups attached to an aromatic ring is 1. The molecule has 0 unspecified atom stereocenters. The Hall–Kier alpha value is -1.55. The van der Waals surface area contributed by atoms with Gasteiger partial charge in [0.15, 0.2) is 9.84 Å². The SMILES string of the molecule is CS(=O)(=O)c1sc(N)c(C#N)c1-c1cccc(Cl)c1. The highest BCUT2D eigenvalue weighted by atomic mass is 35.5. The van der Waals surface area contributed by atoms with E-state index in [-0.39, 0.29) is 14.8 Å². The number of nitriles is 1. The maximum atomic E-state index is 11.8. The van der Waals surface area contributed by atoms with Crippen LogP contribution in [0.4, 0.5) is 5.00 Å². The van der Waals surface area contributed by atoms with Crippen LogP contribution in [0.3, 0.4) is 0 Å². The third kappa shape index (κ3) is 2.59. The smallest absolute Gasteiger partial charge is 0.185 e. The molecule has 2 aromatic rings. The van der Waals surface area contributed by atoms with Gasteiger partial charge in [0, 0.05) is 16.8 Å². The van der Waals surface area contributed by atoms with Crippen molar-refractivity contribution >= 4 is 37.8 Å². The minimum absolute atomic E-state index is 0.0869. The molecular weight excluding hydrogens is 304 g/mol. The number of thiophene rings is 1. The number of benzene rings is 1. The summed E-state index contributed by atoms with van der Waals surface area (Å²) < 4.78 is 23.7. The molecule has 1 aromatic carbocycles. The predicted octanol–water partition coefficient (Wildman–Crippen LogP) is 2.93. The highest BCUT2D eigenvalue weighted by Gasteiger charge is 2.24. The molecule has 0 saturated carbocycles. The Morgan fingerprint density at radius 2 is 2.11 bits per heavy atom. The first-order valence-electron chi connectivity index (χ1n) is 5.13. The second-order valence-electron chi connectivity index (χ2n) is 3.90. The minimum atomic E-state index is -3.46. The van der Waals surface area contributed by atoms with Gasteiger partial charge in [-0.3, -0.25) is 0 Å². The zero-order valence-corrected chi connectivity index (χ0v) is 12.2. The number of anilines is 1. The highest BCUT2D eigenvalue weighted by molar-refractivity contribution is 7.93. The standard InChI is InChI=1S/C12H9ClN2O2S2/c1-19(16,17)12-10(9(6-14)11(15)18-12)7-3-2-4-8(13)5-7/h2-5H,15H2,1H3. The molecule has 0 fully saturated rings. The first-order valence-corrected chi connectivity index (χ1v) is 8.21. The maximum Gasteiger partial charge on any atom is 0.185 e. The Morgan fingerprint density at radius 1 is 1.42 bits per heavy atom. The summed E-state index contributed by atoms with van der Waals surface area (Å²) in [5.74, 6) is 0. The summed E-state index contributed by atoms with van der Waals surface area (Å²) >= 11 is 6.80. The van der Waals surface area contributed by atoms with Crippen molar-refractivity contribution in [2.24, 2.45) is 0 Å². The highest BCUT2D eigenvalue weighted by Crippen LogP contribution is 2.41. The van der Waals surface area contributed by atoms with E-state index in [1.54, 1.807) is 24.3 Å². The predicted molar refractivity (Wildman–Crippen MR) is 77.0 cm³/mol. The zero-order chi connectivity index (χ0) is 14.2. The quantitative estimate of drug-likeness (QED) is 0.924. The first kappa shape index (κ1) is 13.9. The van der Waals surface area contributed by atoms with Crippen LogP contribution < -0.4 is 5.73 Å². The molecule has 19 heavy (non-hydrogen) atoms. The fraction of sp³-hybridized carbons (Fsp3) is 0.0833. The maximum absolute atomic E-state index is 11.8. The van der Waals surface area contributed by atoms with E-state index in [0.29, 0.717) is 16.1 Å². The second kappa shape index (κ2) is 4.85. The summed E-state index contributed by atoms with van der Waals surface area (Å²) in [4.78, 5) is 0. The Labute approximate surface area is 120 Å². The molecule has 0 aliphatic carbocycles. The van der Waals surface area contributed by atoms with E-state index in [9.17, 15) is 8.42 Å². The van der Waals surface area contributed by atoms with Crippen LogP contribution in [0, 0.1) is 11.3 Å². The summed E-state index contributed by atoms with van der Waals surface area (Å²) in [5.41, 5.74) is 6.79. The molecule has 0 aliphatic rings. The van der Waals surface area contributed by atoms with Crippen LogP contribution in [0.25, 0.3) is 11.1 Å². The summed E-state index contributed by atoms with van der Waals surface area (Å²) in [6.07, 6.45) is 1.09. The summed E-state index contributed by atoms with van der Waals surface area (Å²) in [6, 6.07) is 8.63. The van der Waals surface area contributed by atoms with Gasteiger partial charge in [0.05, 0.1) is 5.56 Å². The molecule has 2 rings (SSSR count). The topological polar surface area (TPSA) is 83.9 Å². The van der Waals surface area contributed by atoms with Gasteiger partial charge in [0.25, 0.3) is 0 Å². The van der Waals surface area contributed by atoms with Crippen LogP contribution in [-0.2, 0) is 9.84 Å². The van der Waals surface area contributed by atoms with Crippen molar-refractivity contribution in [2.45, 2.75) is 4.21 Å².